The van der Waals surface area contributed by atoms with E-state index in [1.807, 2.05) is 13.0 Å². The molecule has 1 rings (SSSR count). The molecule has 0 bridgehead atoms. The van der Waals surface area contributed by atoms with Crippen LogP contribution in [0.25, 0.3) is 0 Å². The van der Waals surface area contributed by atoms with Crippen LogP contribution in [-0.4, -0.2) is 4.98 Å². The summed E-state index contributed by atoms with van der Waals surface area (Å²) in [5, 5.41) is 0.532. The molecule has 2 N–H and O–H groups in total. The molecule has 0 aliphatic heterocycles. The summed E-state index contributed by atoms with van der Waals surface area (Å²) in [6, 6.07) is 1.95. The first-order valence-electron chi connectivity index (χ1n) is 4.52. The van der Waals surface area contributed by atoms with Crippen molar-refractivity contribution in [2.75, 3.05) is 0 Å². The van der Waals surface area contributed by atoms with E-state index in [1.165, 1.54) is 0 Å². The van der Waals surface area contributed by atoms with Crippen molar-refractivity contribution >= 4 is 11.6 Å². The van der Waals surface area contributed by atoms with Crippen LogP contribution in [0.2, 0.25) is 5.15 Å². The second-order valence-corrected chi connectivity index (χ2v) is 3.65. The number of nitrogens with zero attached hydrogens (tertiary/aromatic N) is 1. The summed E-state index contributed by atoms with van der Waals surface area (Å²) in [6.07, 6.45) is 3.85. The molecule has 0 aromatic carbocycles. The summed E-state index contributed by atoms with van der Waals surface area (Å²) in [5.41, 5.74) is 8.20. The van der Waals surface area contributed by atoms with Gasteiger partial charge in [0.05, 0.1) is 0 Å². The highest BCUT2D eigenvalue weighted by Crippen LogP contribution is 2.20. The Balaban J connectivity index is 2.88. The Hall–Kier alpha value is -0.600. The molecule has 0 saturated heterocycles. The molecule has 0 radical (unpaired) electrons. The zero-order chi connectivity index (χ0) is 9.84. The molecule has 13 heavy (non-hydrogen) atoms. The van der Waals surface area contributed by atoms with Crippen LogP contribution in [0.1, 0.15) is 36.9 Å². The zero-order valence-corrected chi connectivity index (χ0v) is 8.80. The molecule has 1 heterocycles. The summed E-state index contributed by atoms with van der Waals surface area (Å²) in [4.78, 5) is 4.03. The van der Waals surface area contributed by atoms with Crippen molar-refractivity contribution in [3.63, 3.8) is 0 Å². The van der Waals surface area contributed by atoms with Crippen molar-refractivity contribution in [3.8, 4) is 0 Å². The van der Waals surface area contributed by atoms with E-state index < -0.39 is 0 Å². The topological polar surface area (TPSA) is 38.9 Å². The smallest absolute Gasteiger partial charge is 0.129 e. The van der Waals surface area contributed by atoms with Gasteiger partial charge in [-0.05, 0) is 30.5 Å². The Kier molecular flexibility index (Phi) is 3.70. The Morgan fingerprint density at radius 3 is 2.85 bits per heavy atom. The molecule has 0 fully saturated rings. The van der Waals surface area contributed by atoms with Crippen molar-refractivity contribution < 1.29 is 0 Å². The number of hydrogen-bond donors (Lipinski definition) is 1. The van der Waals surface area contributed by atoms with Gasteiger partial charge in [0.25, 0.3) is 0 Å². The highest BCUT2D eigenvalue weighted by molar-refractivity contribution is 6.29. The van der Waals surface area contributed by atoms with Crippen LogP contribution in [0.15, 0.2) is 12.3 Å². The third-order valence-electron chi connectivity index (χ3n) is 2.12. The van der Waals surface area contributed by atoms with Crippen molar-refractivity contribution in [3.05, 3.63) is 28.5 Å². The maximum atomic E-state index is 5.97. The van der Waals surface area contributed by atoms with Gasteiger partial charge in [-0.25, -0.2) is 4.98 Å². The Morgan fingerprint density at radius 1 is 1.62 bits per heavy atom. The van der Waals surface area contributed by atoms with Gasteiger partial charge in [-0.3, -0.25) is 0 Å². The molecule has 3 heteroatoms. The van der Waals surface area contributed by atoms with E-state index in [1.54, 1.807) is 6.20 Å². The first-order valence-corrected chi connectivity index (χ1v) is 4.90. The number of pyridine rings is 1. The number of rotatable bonds is 3. The lowest BCUT2D eigenvalue weighted by molar-refractivity contribution is 0.633. The predicted molar refractivity (Wildman–Crippen MR) is 55.8 cm³/mol. The number of hydrogen-bond acceptors (Lipinski definition) is 2. The molecule has 1 aromatic heterocycles. The zero-order valence-electron chi connectivity index (χ0n) is 8.05. The normalized spacial score (nSPS) is 12.9. The number of halogens is 1. The van der Waals surface area contributed by atoms with Crippen LogP contribution in [-0.2, 0) is 0 Å². The summed E-state index contributed by atoms with van der Waals surface area (Å²) in [5.74, 6) is 0. The van der Waals surface area contributed by atoms with Crippen LogP contribution < -0.4 is 5.73 Å². The fraction of sp³-hybridized carbons (Fsp3) is 0.500. The molecule has 0 aliphatic carbocycles. The molecule has 0 saturated carbocycles. The van der Waals surface area contributed by atoms with E-state index in [4.69, 9.17) is 17.3 Å². The third-order valence-corrected chi connectivity index (χ3v) is 2.32. The molecule has 72 valence electrons. The van der Waals surface area contributed by atoms with Gasteiger partial charge in [0, 0.05) is 12.2 Å². The van der Waals surface area contributed by atoms with Crippen molar-refractivity contribution in [1.82, 2.24) is 4.98 Å². The molecule has 0 amide bonds. The molecule has 1 atom stereocenters. The molecule has 0 aliphatic rings. The van der Waals surface area contributed by atoms with Crippen LogP contribution in [0.4, 0.5) is 0 Å². The molecular formula is C10H15ClN2. The highest BCUT2D eigenvalue weighted by Gasteiger charge is 2.08. The SMILES string of the molecule is CCCC(N)c1cnc(Cl)cc1C. The number of aryl methyl sites for hydroxylation is 1. The van der Waals surface area contributed by atoms with E-state index >= 15 is 0 Å². The molecule has 0 spiro atoms. The van der Waals surface area contributed by atoms with Crippen LogP contribution in [0.5, 0.6) is 0 Å². The Bertz CT molecular complexity index is 286. The van der Waals surface area contributed by atoms with Gasteiger partial charge >= 0.3 is 0 Å². The Morgan fingerprint density at radius 2 is 2.31 bits per heavy atom. The van der Waals surface area contributed by atoms with Gasteiger partial charge in [0.2, 0.25) is 0 Å². The monoisotopic (exact) mass is 198 g/mol. The fourth-order valence-electron chi connectivity index (χ4n) is 1.39. The highest BCUT2D eigenvalue weighted by atomic mass is 35.5. The Labute approximate surface area is 84.1 Å². The maximum Gasteiger partial charge on any atom is 0.129 e. The van der Waals surface area contributed by atoms with Gasteiger partial charge in [0.15, 0.2) is 0 Å². The van der Waals surface area contributed by atoms with Gasteiger partial charge in [0.1, 0.15) is 5.15 Å². The fourth-order valence-corrected chi connectivity index (χ4v) is 1.60. The lowest BCUT2D eigenvalue weighted by Crippen LogP contribution is -2.11. The van der Waals surface area contributed by atoms with Crippen LogP contribution in [0, 0.1) is 6.92 Å². The molecule has 1 unspecified atom stereocenters. The number of nitrogens with two attached hydrogens (primary N) is 1. The molecular weight excluding hydrogens is 184 g/mol. The number of aromatic nitrogens is 1. The van der Waals surface area contributed by atoms with Crippen molar-refractivity contribution in [2.45, 2.75) is 32.7 Å². The minimum atomic E-state index is 0.0924. The minimum absolute atomic E-state index is 0.0924. The lowest BCUT2D eigenvalue weighted by atomic mass is 10.0. The maximum absolute atomic E-state index is 5.97. The summed E-state index contributed by atoms with van der Waals surface area (Å²) in [7, 11) is 0. The van der Waals surface area contributed by atoms with Crippen LogP contribution in [0.3, 0.4) is 0 Å². The molecule has 1 aromatic rings. The first-order chi connectivity index (χ1) is 6.15. The summed E-state index contributed by atoms with van der Waals surface area (Å²) in [6.45, 7) is 4.14. The summed E-state index contributed by atoms with van der Waals surface area (Å²) >= 11 is 5.75. The van der Waals surface area contributed by atoms with Crippen molar-refractivity contribution in [2.24, 2.45) is 5.73 Å². The van der Waals surface area contributed by atoms with Crippen LogP contribution >= 0.6 is 11.6 Å². The van der Waals surface area contributed by atoms with Gasteiger partial charge in [-0.1, -0.05) is 24.9 Å². The average molecular weight is 199 g/mol. The molecule has 2 nitrogen and oxygen atoms in total. The van der Waals surface area contributed by atoms with E-state index in [2.05, 4.69) is 11.9 Å². The van der Waals surface area contributed by atoms with E-state index in [0.29, 0.717) is 5.15 Å². The third kappa shape index (κ3) is 2.68. The lowest BCUT2D eigenvalue weighted by Gasteiger charge is -2.12. The first kappa shape index (κ1) is 10.5. The standard InChI is InChI=1S/C10H15ClN2/c1-3-4-9(12)8-6-13-10(11)5-7(8)2/h5-6,9H,3-4,12H2,1-2H3. The predicted octanol–water partition coefficient (Wildman–Crippen LogP) is 2.84. The minimum Gasteiger partial charge on any atom is -0.324 e. The summed E-state index contributed by atoms with van der Waals surface area (Å²) < 4.78 is 0. The largest absolute Gasteiger partial charge is 0.324 e. The van der Waals surface area contributed by atoms with E-state index in [0.717, 1.165) is 24.0 Å². The van der Waals surface area contributed by atoms with Gasteiger partial charge in [-0.2, -0.15) is 0 Å². The van der Waals surface area contributed by atoms with E-state index in [-0.39, 0.29) is 6.04 Å². The van der Waals surface area contributed by atoms with Gasteiger partial charge in [-0.15, -0.1) is 0 Å². The quantitative estimate of drug-likeness (QED) is 0.759. The van der Waals surface area contributed by atoms with Gasteiger partial charge < -0.3 is 5.73 Å². The second-order valence-electron chi connectivity index (χ2n) is 3.26. The van der Waals surface area contributed by atoms with Crippen molar-refractivity contribution in [1.29, 1.82) is 0 Å². The second kappa shape index (κ2) is 4.58. The average Bonchev–Trinajstić information content (AvgIpc) is 2.04. The van der Waals surface area contributed by atoms with E-state index in [9.17, 15) is 0 Å².